The molecule has 0 unspecified atom stereocenters. The number of likely N-dealkylation sites (N-methyl/N-ethyl adjacent to an activating group) is 1. The van der Waals surface area contributed by atoms with E-state index < -0.39 is 46.0 Å². The maximum absolute atomic E-state index is 12.3. The molecular formula is C16H18F3NO6S. The fourth-order valence-corrected chi connectivity index (χ4v) is 4.39. The Morgan fingerprint density at radius 2 is 1.81 bits per heavy atom. The lowest BCUT2D eigenvalue weighted by Gasteiger charge is -2.26. The van der Waals surface area contributed by atoms with Gasteiger partial charge in [-0.2, -0.15) is 0 Å². The number of carbonyl (C=O) groups excluding carboxylic acids is 2. The Kier molecular flexibility index (Phi) is 6.03. The second kappa shape index (κ2) is 7.75. The number of esters is 1. The minimum atomic E-state index is -4.85. The second-order valence-electron chi connectivity index (χ2n) is 6.13. The highest BCUT2D eigenvalue weighted by Crippen LogP contribution is 2.23. The Morgan fingerprint density at radius 1 is 1.22 bits per heavy atom. The topological polar surface area (TPSA) is 90.0 Å². The third-order valence-corrected chi connectivity index (χ3v) is 5.81. The third kappa shape index (κ3) is 5.84. The third-order valence-electron chi connectivity index (χ3n) is 4.06. The Bertz CT molecular complexity index is 806. The van der Waals surface area contributed by atoms with Crippen LogP contribution in [-0.2, 0) is 19.4 Å². The van der Waals surface area contributed by atoms with E-state index in [0.717, 1.165) is 24.3 Å². The summed E-state index contributed by atoms with van der Waals surface area (Å²) in [4.78, 5) is 25.6. The number of halogens is 3. The average Bonchev–Trinajstić information content (AvgIpc) is 2.92. The van der Waals surface area contributed by atoms with Crippen LogP contribution in [0, 0.1) is 0 Å². The van der Waals surface area contributed by atoms with Gasteiger partial charge in [-0.1, -0.05) is 0 Å². The monoisotopic (exact) mass is 409 g/mol. The molecular weight excluding hydrogens is 391 g/mol. The van der Waals surface area contributed by atoms with E-state index in [-0.39, 0.29) is 17.1 Å². The van der Waals surface area contributed by atoms with Crippen LogP contribution in [0.15, 0.2) is 24.3 Å². The van der Waals surface area contributed by atoms with Crippen LogP contribution in [0.1, 0.15) is 23.7 Å². The molecule has 0 aromatic heterocycles. The number of ether oxygens (including phenoxy) is 2. The maximum atomic E-state index is 12.3. The lowest BCUT2D eigenvalue weighted by atomic mass is 10.2. The molecule has 7 nitrogen and oxygen atoms in total. The van der Waals surface area contributed by atoms with E-state index in [1.165, 1.54) is 18.9 Å². The van der Waals surface area contributed by atoms with Gasteiger partial charge in [0.25, 0.3) is 5.91 Å². The van der Waals surface area contributed by atoms with Crippen LogP contribution in [0.3, 0.4) is 0 Å². The Balaban J connectivity index is 1.95. The van der Waals surface area contributed by atoms with Gasteiger partial charge in [-0.25, -0.2) is 13.2 Å². The van der Waals surface area contributed by atoms with E-state index in [1.807, 2.05) is 0 Å². The summed E-state index contributed by atoms with van der Waals surface area (Å²) < 4.78 is 68.1. The second-order valence-corrected chi connectivity index (χ2v) is 8.35. The van der Waals surface area contributed by atoms with E-state index in [1.54, 1.807) is 0 Å². The van der Waals surface area contributed by atoms with Gasteiger partial charge in [-0.15, -0.1) is 13.2 Å². The number of hydrogen-bond donors (Lipinski definition) is 0. The van der Waals surface area contributed by atoms with Crippen LogP contribution in [-0.4, -0.2) is 62.3 Å². The quantitative estimate of drug-likeness (QED) is 0.689. The van der Waals surface area contributed by atoms with Crippen LogP contribution in [0.2, 0.25) is 0 Å². The molecule has 1 heterocycles. The van der Waals surface area contributed by atoms with E-state index >= 15 is 0 Å². The molecule has 0 radical (unpaired) electrons. The zero-order chi connectivity index (χ0) is 20.4. The highest BCUT2D eigenvalue weighted by molar-refractivity contribution is 7.91. The Hall–Kier alpha value is -2.30. The van der Waals surface area contributed by atoms with E-state index in [0.29, 0.717) is 6.42 Å². The summed E-state index contributed by atoms with van der Waals surface area (Å²) in [5.74, 6) is -2.11. The molecule has 0 bridgehead atoms. The van der Waals surface area contributed by atoms with Crippen molar-refractivity contribution in [2.75, 3.05) is 18.6 Å². The summed E-state index contributed by atoms with van der Waals surface area (Å²) in [6, 6.07) is 3.57. The van der Waals surface area contributed by atoms with Gasteiger partial charge >= 0.3 is 12.3 Å². The first-order valence-electron chi connectivity index (χ1n) is 7.92. The molecule has 0 spiro atoms. The van der Waals surface area contributed by atoms with Gasteiger partial charge in [0.05, 0.1) is 17.1 Å². The van der Waals surface area contributed by atoms with Gasteiger partial charge < -0.3 is 14.4 Å². The number of hydrogen-bond acceptors (Lipinski definition) is 6. The lowest BCUT2D eigenvalue weighted by molar-refractivity contribution is -0.274. The molecule has 1 fully saturated rings. The summed E-state index contributed by atoms with van der Waals surface area (Å²) in [6.07, 6.45) is -5.72. The minimum Gasteiger partial charge on any atom is -0.449 e. The molecule has 2 atom stereocenters. The van der Waals surface area contributed by atoms with Crippen LogP contribution in [0.4, 0.5) is 13.2 Å². The smallest absolute Gasteiger partial charge is 0.449 e. The van der Waals surface area contributed by atoms with Gasteiger partial charge in [0, 0.05) is 13.1 Å². The van der Waals surface area contributed by atoms with E-state index in [9.17, 15) is 31.2 Å². The molecule has 1 aromatic carbocycles. The molecule has 0 aliphatic carbocycles. The molecule has 0 saturated carbocycles. The number of carbonyl (C=O) groups is 2. The van der Waals surface area contributed by atoms with Crippen LogP contribution < -0.4 is 4.74 Å². The molecule has 1 saturated heterocycles. The minimum absolute atomic E-state index is 0.00417. The van der Waals surface area contributed by atoms with Gasteiger partial charge in [0.15, 0.2) is 15.9 Å². The summed E-state index contributed by atoms with van der Waals surface area (Å²) in [7, 11) is -1.74. The standard InChI is InChI=1S/C16H18F3NO6S/c1-10(14(21)20(2)12-7-8-27(23,24)9-12)25-15(22)11-3-5-13(6-4-11)26-16(17,18)19/h3-6,10,12H,7-9H2,1-2H3/t10-,12-/m0/s1. The molecule has 2 rings (SSSR count). The summed E-state index contributed by atoms with van der Waals surface area (Å²) in [6.45, 7) is 1.33. The van der Waals surface area contributed by atoms with Crippen LogP contribution >= 0.6 is 0 Å². The number of amides is 1. The first kappa shape index (κ1) is 21.0. The van der Waals surface area contributed by atoms with Crippen molar-refractivity contribution in [1.82, 2.24) is 4.90 Å². The van der Waals surface area contributed by atoms with E-state index in [4.69, 9.17) is 4.74 Å². The number of benzene rings is 1. The molecule has 1 amide bonds. The predicted molar refractivity (Wildman–Crippen MR) is 87.8 cm³/mol. The maximum Gasteiger partial charge on any atom is 0.573 e. The first-order chi connectivity index (χ1) is 12.4. The normalized spacial score (nSPS) is 20.0. The van der Waals surface area contributed by atoms with E-state index in [2.05, 4.69) is 4.74 Å². The van der Waals surface area contributed by atoms with Crippen molar-refractivity contribution >= 4 is 21.7 Å². The molecule has 0 N–H and O–H groups in total. The zero-order valence-corrected chi connectivity index (χ0v) is 15.3. The van der Waals surface area contributed by atoms with Crippen molar-refractivity contribution in [3.63, 3.8) is 0 Å². The Morgan fingerprint density at radius 3 is 2.30 bits per heavy atom. The van der Waals surface area contributed by atoms with Crippen molar-refractivity contribution in [1.29, 1.82) is 0 Å². The zero-order valence-electron chi connectivity index (χ0n) is 14.5. The fraction of sp³-hybridized carbons (Fsp3) is 0.500. The van der Waals surface area contributed by atoms with Gasteiger partial charge in [0.1, 0.15) is 5.75 Å². The van der Waals surface area contributed by atoms with Crippen LogP contribution in [0.25, 0.3) is 0 Å². The fourth-order valence-electron chi connectivity index (χ4n) is 2.62. The predicted octanol–water partition coefficient (Wildman–Crippen LogP) is 1.78. The van der Waals surface area contributed by atoms with Crippen molar-refractivity contribution in [2.24, 2.45) is 0 Å². The van der Waals surface area contributed by atoms with Crippen molar-refractivity contribution in [3.05, 3.63) is 29.8 Å². The van der Waals surface area contributed by atoms with Crippen LogP contribution in [0.5, 0.6) is 5.75 Å². The van der Waals surface area contributed by atoms with Crippen molar-refractivity contribution in [3.8, 4) is 5.75 Å². The molecule has 1 aromatic rings. The number of nitrogens with zero attached hydrogens (tertiary/aromatic N) is 1. The molecule has 150 valence electrons. The summed E-state index contributed by atoms with van der Waals surface area (Å²) >= 11 is 0. The summed E-state index contributed by atoms with van der Waals surface area (Å²) in [5.41, 5.74) is -0.0599. The summed E-state index contributed by atoms with van der Waals surface area (Å²) in [5, 5.41) is 0. The van der Waals surface area contributed by atoms with Crippen molar-refractivity contribution < 1.29 is 40.7 Å². The van der Waals surface area contributed by atoms with Gasteiger partial charge in [-0.3, -0.25) is 4.79 Å². The Labute approximate surface area is 154 Å². The highest BCUT2D eigenvalue weighted by Gasteiger charge is 2.35. The number of rotatable bonds is 5. The average molecular weight is 409 g/mol. The molecule has 11 heteroatoms. The van der Waals surface area contributed by atoms with Crippen molar-refractivity contribution in [2.45, 2.75) is 31.9 Å². The molecule has 1 aliphatic heterocycles. The van der Waals surface area contributed by atoms with Gasteiger partial charge in [0.2, 0.25) is 0 Å². The number of alkyl halides is 3. The van der Waals surface area contributed by atoms with Gasteiger partial charge in [-0.05, 0) is 37.6 Å². The SMILES string of the molecule is C[C@H](OC(=O)c1ccc(OC(F)(F)F)cc1)C(=O)N(C)[C@H]1CCS(=O)(=O)C1. The molecule has 27 heavy (non-hydrogen) atoms. The number of sulfone groups is 1. The lowest BCUT2D eigenvalue weighted by Crippen LogP contribution is -2.44. The molecule has 1 aliphatic rings. The highest BCUT2D eigenvalue weighted by atomic mass is 32.2. The first-order valence-corrected chi connectivity index (χ1v) is 9.74. The largest absolute Gasteiger partial charge is 0.573 e.